The van der Waals surface area contributed by atoms with E-state index < -0.39 is 28.9 Å². The molecule has 0 radical (unpaired) electrons. The SMILES string of the molecule is C=CC(=O)OCCOCC(COCCOC(=O)C=C)(COCCOC(=O)C=C)COCCOC(=O)CCN1CCN(c2ccc(C(=O)C(CC)(CC)N(C)C)cc2)CC1. The van der Waals surface area contributed by atoms with Crippen LogP contribution in [-0.4, -0.2) is 171 Å². The maximum absolute atomic E-state index is 13.4. The number of hydrogen-bond acceptors (Lipinski definition) is 16. The number of esters is 4. The molecule has 0 aliphatic carbocycles. The minimum absolute atomic E-state index is 0.0163. The van der Waals surface area contributed by atoms with Crippen LogP contribution in [0.2, 0.25) is 0 Å². The maximum Gasteiger partial charge on any atom is 0.330 e. The highest BCUT2D eigenvalue weighted by Crippen LogP contribution is 2.28. The largest absolute Gasteiger partial charge is 0.463 e. The molecule has 2 rings (SSSR count). The molecular weight excluding hydrogens is 766 g/mol. The minimum atomic E-state index is -0.916. The minimum Gasteiger partial charge on any atom is -0.463 e. The third-order valence-corrected chi connectivity index (χ3v) is 9.99. The highest BCUT2D eigenvalue weighted by molar-refractivity contribution is 6.03. The van der Waals surface area contributed by atoms with Gasteiger partial charge in [0.15, 0.2) is 5.78 Å². The Morgan fingerprint density at radius 3 is 1.41 bits per heavy atom. The Kier molecular flexibility index (Phi) is 24.1. The van der Waals surface area contributed by atoms with Gasteiger partial charge < -0.3 is 42.8 Å². The quantitative estimate of drug-likeness (QED) is 0.0341. The molecule has 1 aliphatic rings. The number of ketones is 1. The van der Waals surface area contributed by atoms with Crippen molar-refractivity contribution in [1.82, 2.24) is 9.80 Å². The Morgan fingerprint density at radius 2 is 1.03 bits per heavy atom. The first-order valence-corrected chi connectivity index (χ1v) is 20.0. The van der Waals surface area contributed by atoms with Crippen molar-refractivity contribution in [2.45, 2.75) is 38.6 Å². The molecule has 0 unspecified atom stereocenters. The predicted octanol–water partition coefficient (Wildman–Crippen LogP) is 3.29. The Morgan fingerprint density at radius 1 is 0.627 bits per heavy atom. The van der Waals surface area contributed by atoms with Gasteiger partial charge in [-0.3, -0.25) is 19.4 Å². The van der Waals surface area contributed by atoms with Gasteiger partial charge in [-0.05, 0) is 51.2 Å². The molecule has 330 valence electrons. The van der Waals surface area contributed by atoms with Crippen LogP contribution in [0.3, 0.4) is 0 Å². The molecule has 0 N–H and O–H groups in total. The number of carbonyl (C=O) groups excluding carboxylic acids is 5. The zero-order chi connectivity index (χ0) is 43.5. The van der Waals surface area contributed by atoms with Crippen LogP contribution in [0.5, 0.6) is 0 Å². The first-order chi connectivity index (χ1) is 28.4. The molecule has 0 amide bonds. The monoisotopic (exact) mass is 831 g/mol. The average molecular weight is 832 g/mol. The fourth-order valence-corrected chi connectivity index (χ4v) is 6.45. The molecule has 1 aromatic rings. The number of likely N-dealkylation sites (N-methyl/N-ethyl adjacent to an activating group) is 1. The fourth-order valence-electron chi connectivity index (χ4n) is 6.45. The molecule has 1 aliphatic heterocycles. The number of piperazine rings is 1. The van der Waals surface area contributed by atoms with Crippen LogP contribution in [0.1, 0.15) is 43.5 Å². The smallest absolute Gasteiger partial charge is 0.330 e. The van der Waals surface area contributed by atoms with Gasteiger partial charge in [0.25, 0.3) is 0 Å². The Bertz CT molecular complexity index is 1400. The number of Topliss-reactive ketones (excluding diaryl/α,β-unsaturated/α-hetero) is 1. The lowest BCUT2D eigenvalue weighted by Gasteiger charge is -2.37. The van der Waals surface area contributed by atoms with Crippen molar-refractivity contribution in [3.05, 3.63) is 67.8 Å². The lowest BCUT2D eigenvalue weighted by Crippen LogP contribution is -2.50. The van der Waals surface area contributed by atoms with Crippen LogP contribution in [0.15, 0.2) is 62.2 Å². The molecule has 0 bridgehead atoms. The van der Waals surface area contributed by atoms with Crippen LogP contribution in [0.4, 0.5) is 5.69 Å². The van der Waals surface area contributed by atoms with Gasteiger partial charge >= 0.3 is 23.9 Å². The van der Waals surface area contributed by atoms with Crippen molar-refractivity contribution in [3.63, 3.8) is 0 Å². The summed E-state index contributed by atoms with van der Waals surface area (Å²) in [5, 5.41) is 0. The summed E-state index contributed by atoms with van der Waals surface area (Å²) in [6.07, 6.45) is 4.85. The zero-order valence-corrected chi connectivity index (χ0v) is 35.5. The molecule has 1 fully saturated rings. The van der Waals surface area contributed by atoms with Crippen LogP contribution in [0, 0.1) is 5.41 Å². The second-order valence-electron chi connectivity index (χ2n) is 14.1. The number of ether oxygens (including phenoxy) is 8. The number of hydrogen-bond donors (Lipinski definition) is 0. The third-order valence-electron chi connectivity index (χ3n) is 9.99. The van der Waals surface area contributed by atoms with Crippen molar-refractivity contribution in [2.24, 2.45) is 5.41 Å². The van der Waals surface area contributed by atoms with Crippen molar-refractivity contribution in [3.8, 4) is 0 Å². The highest BCUT2D eigenvalue weighted by Gasteiger charge is 2.37. The van der Waals surface area contributed by atoms with Crippen molar-refractivity contribution in [2.75, 3.05) is 131 Å². The second-order valence-corrected chi connectivity index (χ2v) is 14.1. The lowest BCUT2D eigenvalue weighted by molar-refractivity contribution is -0.149. The van der Waals surface area contributed by atoms with Gasteiger partial charge in [0, 0.05) is 62.2 Å². The Balaban J connectivity index is 1.87. The molecule has 0 atom stereocenters. The number of anilines is 1. The van der Waals surface area contributed by atoms with Crippen LogP contribution in [0.25, 0.3) is 0 Å². The average Bonchev–Trinajstić information content (AvgIpc) is 3.25. The maximum atomic E-state index is 13.4. The van der Waals surface area contributed by atoms with Crippen LogP contribution in [-0.2, 0) is 57.1 Å². The standard InChI is InChI=1S/C43H65N3O13/c1-8-37(47)56-27-23-52-31-42(32-53-24-28-57-38(48)9-2,33-54-25-29-58-39(49)10-3)34-55-26-30-59-40(50)17-18-45-19-21-46(22-20-45)36-15-13-35(14-16-36)41(51)43(11-4,12-5)44(6)7/h8-10,13-16H,1-3,11-12,17-34H2,4-7H3. The van der Waals surface area contributed by atoms with Gasteiger partial charge in [-0.15, -0.1) is 0 Å². The highest BCUT2D eigenvalue weighted by atomic mass is 16.6. The molecule has 0 spiro atoms. The van der Waals surface area contributed by atoms with Crippen molar-refractivity contribution < 1.29 is 61.9 Å². The van der Waals surface area contributed by atoms with E-state index in [-0.39, 0.29) is 97.5 Å². The molecule has 0 aromatic heterocycles. The van der Waals surface area contributed by atoms with Crippen LogP contribution >= 0.6 is 0 Å². The van der Waals surface area contributed by atoms with E-state index in [0.29, 0.717) is 12.1 Å². The zero-order valence-electron chi connectivity index (χ0n) is 35.5. The summed E-state index contributed by atoms with van der Waals surface area (Å²) < 4.78 is 43.8. The van der Waals surface area contributed by atoms with E-state index in [4.69, 9.17) is 37.9 Å². The molecule has 1 aromatic carbocycles. The summed E-state index contributed by atoms with van der Waals surface area (Å²) in [7, 11) is 3.92. The molecule has 16 nitrogen and oxygen atoms in total. The summed E-state index contributed by atoms with van der Waals surface area (Å²) in [4.78, 5) is 66.9. The third kappa shape index (κ3) is 18.1. The van der Waals surface area contributed by atoms with Gasteiger partial charge in [0.05, 0.1) is 70.2 Å². The van der Waals surface area contributed by atoms with E-state index in [0.717, 1.165) is 62.9 Å². The van der Waals surface area contributed by atoms with Gasteiger partial charge in [0.1, 0.15) is 26.4 Å². The van der Waals surface area contributed by atoms with E-state index in [1.54, 1.807) is 0 Å². The fraction of sp³-hybridized carbons (Fsp3) is 0.605. The Hall–Kier alpha value is -4.45. The van der Waals surface area contributed by atoms with Gasteiger partial charge in [-0.25, -0.2) is 14.4 Å². The van der Waals surface area contributed by atoms with E-state index in [1.165, 1.54) is 0 Å². The van der Waals surface area contributed by atoms with E-state index in [9.17, 15) is 24.0 Å². The molecule has 59 heavy (non-hydrogen) atoms. The summed E-state index contributed by atoms with van der Waals surface area (Å²) in [5.41, 5.74) is 0.349. The van der Waals surface area contributed by atoms with Gasteiger partial charge in [-0.2, -0.15) is 0 Å². The van der Waals surface area contributed by atoms with E-state index in [2.05, 4.69) is 43.4 Å². The second kappa shape index (κ2) is 28.1. The van der Waals surface area contributed by atoms with Crippen molar-refractivity contribution >= 4 is 35.3 Å². The summed E-state index contributed by atoms with van der Waals surface area (Å²) >= 11 is 0. The Labute approximate surface area is 349 Å². The summed E-state index contributed by atoms with van der Waals surface area (Å²) in [6, 6.07) is 7.88. The first kappa shape index (κ1) is 50.7. The number of benzene rings is 1. The van der Waals surface area contributed by atoms with E-state index in [1.807, 2.05) is 43.3 Å². The number of carbonyl (C=O) groups is 5. The summed E-state index contributed by atoms with van der Waals surface area (Å²) in [6.45, 7) is 18.3. The van der Waals surface area contributed by atoms with Crippen LogP contribution < -0.4 is 4.90 Å². The van der Waals surface area contributed by atoms with E-state index >= 15 is 0 Å². The molecule has 1 heterocycles. The number of nitrogens with zero attached hydrogens (tertiary/aromatic N) is 3. The normalized spacial score (nSPS) is 13.4. The lowest BCUT2D eigenvalue weighted by atomic mass is 9.83. The molecule has 0 saturated carbocycles. The van der Waals surface area contributed by atoms with Gasteiger partial charge in [0.2, 0.25) is 0 Å². The predicted molar refractivity (Wildman–Crippen MR) is 221 cm³/mol. The van der Waals surface area contributed by atoms with Gasteiger partial charge in [-0.1, -0.05) is 33.6 Å². The molecule has 16 heteroatoms. The number of rotatable bonds is 32. The molecular formula is C43H65N3O13. The first-order valence-electron chi connectivity index (χ1n) is 20.0. The molecule has 1 saturated heterocycles. The summed E-state index contributed by atoms with van der Waals surface area (Å²) in [5.74, 6) is -1.96. The topological polar surface area (TPSA) is 169 Å². The van der Waals surface area contributed by atoms with Crippen molar-refractivity contribution in [1.29, 1.82) is 0 Å².